The van der Waals surface area contributed by atoms with E-state index in [4.69, 9.17) is 14.6 Å². The van der Waals surface area contributed by atoms with E-state index in [2.05, 4.69) is 17.3 Å². The third-order valence-corrected chi connectivity index (χ3v) is 5.27. The van der Waals surface area contributed by atoms with Crippen molar-refractivity contribution >= 4 is 17.6 Å². The minimum atomic E-state index is -0.822. The Labute approximate surface area is 164 Å². The number of rotatable bonds is 8. The van der Waals surface area contributed by atoms with Crippen LogP contribution in [0.25, 0.3) is 0 Å². The van der Waals surface area contributed by atoms with E-state index >= 15 is 0 Å². The van der Waals surface area contributed by atoms with Gasteiger partial charge in [-0.25, -0.2) is 5.01 Å². The number of carboxylic acids is 1. The first kappa shape index (κ1) is 19.9. The molecule has 0 saturated heterocycles. The number of hydrazone groups is 1. The zero-order valence-corrected chi connectivity index (χ0v) is 16.3. The molecule has 1 N–H and O–H groups in total. The molecule has 0 fully saturated rings. The lowest BCUT2D eigenvalue weighted by molar-refractivity contribution is -0.137. The van der Waals surface area contributed by atoms with Crippen LogP contribution in [0.15, 0.2) is 35.5 Å². The van der Waals surface area contributed by atoms with Gasteiger partial charge in [0, 0.05) is 24.4 Å². The summed E-state index contributed by atoms with van der Waals surface area (Å²) in [4.78, 5) is 23.6. The number of benzene rings is 1. The second-order valence-electron chi connectivity index (χ2n) is 7.02. The molecule has 0 unspecified atom stereocenters. The summed E-state index contributed by atoms with van der Waals surface area (Å²) in [6.45, 7) is 0.426. The lowest BCUT2D eigenvalue weighted by Gasteiger charge is -2.37. The Morgan fingerprint density at radius 3 is 2.54 bits per heavy atom. The summed E-state index contributed by atoms with van der Waals surface area (Å²) in [7, 11) is 3.18. The van der Waals surface area contributed by atoms with Crippen molar-refractivity contribution in [1.29, 1.82) is 0 Å². The van der Waals surface area contributed by atoms with Gasteiger partial charge in [-0.05, 0) is 43.9 Å². The first-order valence-electron chi connectivity index (χ1n) is 9.54. The third kappa shape index (κ3) is 4.18. The van der Waals surface area contributed by atoms with Gasteiger partial charge in [-0.2, -0.15) is 5.10 Å². The van der Waals surface area contributed by atoms with Crippen molar-refractivity contribution in [3.8, 4) is 11.5 Å². The number of amides is 1. The van der Waals surface area contributed by atoms with Crippen LogP contribution in [-0.4, -0.2) is 48.5 Å². The van der Waals surface area contributed by atoms with E-state index in [9.17, 15) is 9.59 Å². The van der Waals surface area contributed by atoms with Crippen molar-refractivity contribution in [3.05, 3.63) is 35.9 Å². The fraction of sp³-hybridized carbons (Fsp3) is 0.476. The van der Waals surface area contributed by atoms with E-state index in [1.54, 1.807) is 14.2 Å². The SMILES string of the molecule is COc1ccc(C2=NN(CCCCC(=O)O)C(=O)[C@@H]3CC=CC[C@H]23)cc1OC. The molecule has 2 atom stereocenters. The molecule has 1 heterocycles. The van der Waals surface area contributed by atoms with Crippen LogP contribution in [0.1, 0.15) is 37.7 Å². The molecule has 0 radical (unpaired) electrons. The number of carbonyl (C=O) groups is 2. The summed E-state index contributed by atoms with van der Waals surface area (Å²) in [5.74, 6) is 0.363. The lowest BCUT2D eigenvalue weighted by atomic mass is 9.76. The highest BCUT2D eigenvalue weighted by atomic mass is 16.5. The number of carbonyl (C=O) groups excluding carboxylic acids is 1. The number of ether oxygens (including phenoxy) is 2. The summed E-state index contributed by atoms with van der Waals surface area (Å²) in [5, 5.41) is 15.0. The Hall–Kier alpha value is -2.83. The van der Waals surface area contributed by atoms with Gasteiger partial charge in [-0.1, -0.05) is 12.2 Å². The Bertz CT molecular complexity index is 802. The Kier molecular flexibility index (Phi) is 6.34. The number of fused-ring (bicyclic) bond motifs is 1. The Morgan fingerprint density at radius 2 is 1.86 bits per heavy atom. The lowest BCUT2D eigenvalue weighted by Crippen LogP contribution is -2.45. The zero-order valence-electron chi connectivity index (χ0n) is 16.3. The van der Waals surface area contributed by atoms with Gasteiger partial charge >= 0.3 is 5.97 Å². The highest BCUT2D eigenvalue weighted by Gasteiger charge is 2.39. The predicted molar refractivity (Wildman–Crippen MR) is 105 cm³/mol. The number of carboxylic acid groups (broad SMARTS) is 1. The summed E-state index contributed by atoms with van der Waals surface area (Å²) < 4.78 is 10.7. The highest BCUT2D eigenvalue weighted by molar-refractivity contribution is 6.07. The van der Waals surface area contributed by atoms with Crippen molar-refractivity contribution in [2.75, 3.05) is 20.8 Å². The second-order valence-corrected chi connectivity index (χ2v) is 7.02. The van der Waals surface area contributed by atoms with Gasteiger partial charge in [0.05, 0.1) is 25.8 Å². The number of unbranched alkanes of at least 4 members (excludes halogenated alkanes) is 1. The first-order valence-corrected chi connectivity index (χ1v) is 9.54. The number of allylic oxidation sites excluding steroid dienone is 2. The van der Waals surface area contributed by atoms with Crippen LogP contribution in [0.3, 0.4) is 0 Å². The molecule has 28 heavy (non-hydrogen) atoms. The number of hydrogen-bond donors (Lipinski definition) is 1. The molecule has 7 heteroatoms. The maximum absolute atomic E-state index is 12.9. The molecule has 0 saturated carbocycles. The molecule has 1 aromatic rings. The topological polar surface area (TPSA) is 88.4 Å². The summed E-state index contributed by atoms with van der Waals surface area (Å²) in [5.41, 5.74) is 1.78. The van der Waals surface area contributed by atoms with Crippen molar-refractivity contribution in [3.63, 3.8) is 0 Å². The van der Waals surface area contributed by atoms with Gasteiger partial charge in [0.2, 0.25) is 5.91 Å². The fourth-order valence-corrected chi connectivity index (χ4v) is 3.80. The van der Waals surface area contributed by atoms with Gasteiger partial charge in [0.1, 0.15) is 0 Å². The Balaban J connectivity index is 1.89. The zero-order chi connectivity index (χ0) is 20.1. The van der Waals surface area contributed by atoms with Gasteiger partial charge in [0.15, 0.2) is 11.5 Å². The number of methoxy groups -OCH3 is 2. The molecule has 7 nitrogen and oxygen atoms in total. The van der Waals surface area contributed by atoms with Crippen molar-refractivity contribution < 1.29 is 24.2 Å². The van der Waals surface area contributed by atoms with Crippen LogP contribution >= 0.6 is 0 Å². The van der Waals surface area contributed by atoms with Gasteiger partial charge in [-0.15, -0.1) is 0 Å². The maximum Gasteiger partial charge on any atom is 0.303 e. The number of hydrogen-bond acceptors (Lipinski definition) is 5. The van der Waals surface area contributed by atoms with Gasteiger partial charge in [0.25, 0.3) is 0 Å². The van der Waals surface area contributed by atoms with E-state index in [0.717, 1.165) is 17.7 Å². The minimum absolute atomic E-state index is 0.0221. The normalized spacial score (nSPS) is 21.1. The average molecular weight is 386 g/mol. The van der Waals surface area contributed by atoms with Crippen molar-refractivity contribution in [1.82, 2.24) is 5.01 Å². The van der Waals surface area contributed by atoms with Crippen molar-refractivity contribution in [2.24, 2.45) is 16.9 Å². The third-order valence-electron chi connectivity index (χ3n) is 5.27. The van der Waals surface area contributed by atoms with Crippen LogP contribution in [0.5, 0.6) is 11.5 Å². The molecule has 3 rings (SSSR count). The minimum Gasteiger partial charge on any atom is -0.493 e. The van der Waals surface area contributed by atoms with E-state index in [-0.39, 0.29) is 24.2 Å². The fourth-order valence-electron chi connectivity index (χ4n) is 3.80. The number of aliphatic carboxylic acids is 1. The monoisotopic (exact) mass is 386 g/mol. The molecular formula is C21H26N2O5. The largest absolute Gasteiger partial charge is 0.493 e. The maximum atomic E-state index is 12.9. The first-order chi connectivity index (χ1) is 13.5. The van der Waals surface area contributed by atoms with Crippen LogP contribution < -0.4 is 9.47 Å². The van der Waals surface area contributed by atoms with E-state index in [0.29, 0.717) is 37.3 Å². The standard InChI is InChI=1S/C21H26N2O5/c1-27-17-11-10-14(13-18(17)28-2)20-15-7-3-4-8-16(15)21(26)23(22-20)12-6-5-9-19(24)25/h3-4,10-11,13,15-16H,5-9,12H2,1-2H3,(H,24,25)/t15-,16+/m0/s1. The summed E-state index contributed by atoms with van der Waals surface area (Å²) >= 11 is 0. The average Bonchev–Trinajstić information content (AvgIpc) is 2.72. The molecule has 2 aliphatic rings. The van der Waals surface area contributed by atoms with Crippen molar-refractivity contribution in [2.45, 2.75) is 32.1 Å². The summed E-state index contributed by atoms with van der Waals surface area (Å²) in [6.07, 6.45) is 6.86. The van der Waals surface area contributed by atoms with Crippen LogP contribution in [-0.2, 0) is 9.59 Å². The molecule has 150 valence electrons. The molecule has 0 bridgehead atoms. The molecule has 1 aromatic carbocycles. The van der Waals surface area contributed by atoms with E-state index in [1.165, 1.54) is 5.01 Å². The smallest absolute Gasteiger partial charge is 0.303 e. The quantitative estimate of drug-likeness (QED) is 0.548. The molecule has 0 spiro atoms. The Morgan fingerprint density at radius 1 is 1.14 bits per heavy atom. The van der Waals surface area contributed by atoms with E-state index in [1.807, 2.05) is 18.2 Å². The highest BCUT2D eigenvalue weighted by Crippen LogP contribution is 2.36. The van der Waals surface area contributed by atoms with Gasteiger partial charge < -0.3 is 14.6 Å². The van der Waals surface area contributed by atoms with Crippen LogP contribution in [0, 0.1) is 11.8 Å². The van der Waals surface area contributed by atoms with Crippen LogP contribution in [0.4, 0.5) is 0 Å². The van der Waals surface area contributed by atoms with Crippen LogP contribution in [0.2, 0.25) is 0 Å². The molecule has 1 aliphatic heterocycles. The van der Waals surface area contributed by atoms with Gasteiger partial charge in [-0.3, -0.25) is 9.59 Å². The van der Waals surface area contributed by atoms with E-state index < -0.39 is 5.97 Å². The molecular weight excluding hydrogens is 360 g/mol. The second kappa shape index (κ2) is 8.91. The predicted octanol–water partition coefficient (Wildman–Crippen LogP) is 3.09. The molecule has 1 amide bonds. The number of nitrogens with zero attached hydrogens (tertiary/aromatic N) is 2. The molecule has 1 aliphatic carbocycles. The summed E-state index contributed by atoms with van der Waals surface area (Å²) in [6, 6.07) is 5.68. The molecule has 0 aromatic heterocycles.